The highest BCUT2D eigenvalue weighted by Gasteiger charge is 2.02. The zero-order chi connectivity index (χ0) is 16.2. The van der Waals surface area contributed by atoms with Crippen LogP contribution in [0.2, 0.25) is 0 Å². The van der Waals surface area contributed by atoms with Gasteiger partial charge in [-0.25, -0.2) is 4.98 Å². The van der Waals surface area contributed by atoms with Crippen LogP contribution in [0.4, 0.5) is 0 Å². The molecule has 2 N–H and O–H groups in total. The maximum absolute atomic E-state index is 11.0. The average molecular weight is 326 g/mol. The summed E-state index contributed by atoms with van der Waals surface area (Å²) in [6.45, 7) is 3.72. The fourth-order valence-corrected chi connectivity index (χ4v) is 2.69. The van der Waals surface area contributed by atoms with Crippen molar-refractivity contribution in [2.24, 2.45) is 4.99 Å². The highest BCUT2D eigenvalue weighted by atomic mass is 32.1. The van der Waals surface area contributed by atoms with Crippen molar-refractivity contribution in [3.63, 3.8) is 0 Å². The Hall–Kier alpha value is -1.63. The van der Waals surface area contributed by atoms with Crippen molar-refractivity contribution in [3.8, 4) is 0 Å². The Balaban J connectivity index is 2.06. The fourth-order valence-electron chi connectivity index (χ4n) is 1.91. The molecule has 0 atom stereocenters. The molecule has 0 aliphatic carbocycles. The highest BCUT2D eigenvalue weighted by molar-refractivity contribution is 7.11. The van der Waals surface area contributed by atoms with Crippen LogP contribution in [0.15, 0.2) is 11.2 Å². The number of esters is 1. The van der Waals surface area contributed by atoms with Crippen molar-refractivity contribution >= 4 is 23.3 Å². The quantitative estimate of drug-likeness (QED) is 0.314. The molecule has 1 aromatic heterocycles. The summed E-state index contributed by atoms with van der Waals surface area (Å²) < 4.78 is 4.61. The number of hydrogen-bond donors (Lipinski definition) is 2. The number of hydrogen-bond acceptors (Lipinski definition) is 5. The van der Waals surface area contributed by atoms with Gasteiger partial charge >= 0.3 is 5.97 Å². The molecule has 0 aromatic carbocycles. The summed E-state index contributed by atoms with van der Waals surface area (Å²) >= 11 is 1.73. The predicted molar refractivity (Wildman–Crippen MR) is 90.4 cm³/mol. The number of carbonyl (C=O) groups is 1. The third-order valence-electron chi connectivity index (χ3n) is 3.10. The monoisotopic (exact) mass is 326 g/mol. The summed E-state index contributed by atoms with van der Waals surface area (Å²) in [5, 5.41) is 7.69. The predicted octanol–water partition coefficient (Wildman–Crippen LogP) is 1.89. The lowest BCUT2D eigenvalue weighted by atomic mass is 10.2. The molecule has 1 aromatic rings. The van der Waals surface area contributed by atoms with Gasteiger partial charge in [-0.1, -0.05) is 6.42 Å². The number of aliphatic imine (C=N–C) groups is 1. The molecule has 22 heavy (non-hydrogen) atoms. The smallest absolute Gasteiger partial charge is 0.305 e. The van der Waals surface area contributed by atoms with Gasteiger partial charge in [0.2, 0.25) is 0 Å². The number of thiazole rings is 1. The number of rotatable bonds is 9. The minimum atomic E-state index is -0.136. The van der Waals surface area contributed by atoms with E-state index < -0.39 is 0 Å². The second-order valence-electron chi connectivity index (χ2n) is 4.93. The molecular weight excluding hydrogens is 300 g/mol. The molecule has 0 bridgehead atoms. The molecule has 0 amide bonds. The summed E-state index contributed by atoms with van der Waals surface area (Å²) in [4.78, 5) is 20.7. The van der Waals surface area contributed by atoms with Crippen molar-refractivity contribution in [1.82, 2.24) is 15.6 Å². The Morgan fingerprint density at radius 1 is 1.32 bits per heavy atom. The van der Waals surface area contributed by atoms with Crippen molar-refractivity contribution in [1.29, 1.82) is 0 Å². The second-order valence-corrected chi connectivity index (χ2v) is 6.25. The first-order chi connectivity index (χ1) is 10.7. The van der Waals surface area contributed by atoms with Crippen LogP contribution < -0.4 is 10.6 Å². The number of nitrogens with one attached hydrogen (secondary N) is 2. The van der Waals surface area contributed by atoms with E-state index in [1.807, 2.05) is 6.20 Å². The minimum absolute atomic E-state index is 0.136. The van der Waals surface area contributed by atoms with E-state index in [0.717, 1.165) is 49.7 Å². The standard InChI is InChI=1S/C15H26N4O2S/c1-12-11-19-13(22-12)8-10-18-15(16-2)17-9-6-4-5-7-14(20)21-3/h11H,4-10H2,1-3H3,(H2,16,17,18). The van der Waals surface area contributed by atoms with Crippen LogP contribution in [0.3, 0.4) is 0 Å². The van der Waals surface area contributed by atoms with Crippen LogP contribution in [0.5, 0.6) is 0 Å². The van der Waals surface area contributed by atoms with Gasteiger partial charge in [0.05, 0.1) is 12.1 Å². The van der Waals surface area contributed by atoms with Crippen molar-refractivity contribution in [2.45, 2.75) is 39.0 Å². The first-order valence-corrected chi connectivity index (χ1v) is 8.40. The van der Waals surface area contributed by atoms with E-state index >= 15 is 0 Å². The Labute approximate surface area is 136 Å². The summed E-state index contributed by atoms with van der Waals surface area (Å²) in [6.07, 6.45) is 6.17. The molecule has 0 saturated heterocycles. The van der Waals surface area contributed by atoms with E-state index in [1.54, 1.807) is 18.4 Å². The molecule has 7 heteroatoms. The number of methoxy groups -OCH3 is 1. The van der Waals surface area contributed by atoms with Crippen molar-refractivity contribution < 1.29 is 9.53 Å². The van der Waals surface area contributed by atoms with E-state index in [0.29, 0.717) is 6.42 Å². The fraction of sp³-hybridized carbons (Fsp3) is 0.667. The Kier molecular flexibility index (Phi) is 9.21. The van der Waals surface area contributed by atoms with Gasteiger partial charge in [-0.2, -0.15) is 0 Å². The van der Waals surface area contributed by atoms with Crippen LogP contribution in [0.1, 0.15) is 35.6 Å². The first-order valence-electron chi connectivity index (χ1n) is 7.58. The number of guanidine groups is 1. The van der Waals surface area contributed by atoms with E-state index in [1.165, 1.54) is 12.0 Å². The van der Waals surface area contributed by atoms with Crippen molar-refractivity contribution in [2.75, 3.05) is 27.2 Å². The summed E-state index contributed by atoms with van der Waals surface area (Å²) in [7, 11) is 3.19. The number of ether oxygens (including phenoxy) is 1. The first kappa shape index (κ1) is 18.4. The van der Waals surface area contributed by atoms with E-state index in [9.17, 15) is 4.79 Å². The van der Waals surface area contributed by atoms with Gasteiger partial charge in [0, 0.05) is 44.1 Å². The second kappa shape index (κ2) is 11.0. The van der Waals surface area contributed by atoms with Crippen LogP contribution in [-0.2, 0) is 16.0 Å². The molecule has 0 radical (unpaired) electrons. The van der Waals surface area contributed by atoms with E-state index in [-0.39, 0.29) is 5.97 Å². The lowest BCUT2D eigenvalue weighted by Gasteiger charge is -2.11. The average Bonchev–Trinajstić information content (AvgIpc) is 2.93. The maximum Gasteiger partial charge on any atom is 0.305 e. The third-order valence-corrected chi connectivity index (χ3v) is 4.07. The molecule has 124 valence electrons. The van der Waals surface area contributed by atoms with Gasteiger partial charge in [-0.3, -0.25) is 9.79 Å². The minimum Gasteiger partial charge on any atom is -0.469 e. The van der Waals surface area contributed by atoms with E-state index in [2.05, 4.69) is 32.3 Å². The number of carbonyl (C=O) groups excluding carboxylic acids is 1. The van der Waals surface area contributed by atoms with Crippen LogP contribution in [-0.4, -0.2) is 44.2 Å². The SMILES string of the molecule is CN=C(NCCCCCC(=O)OC)NCCc1ncc(C)s1. The maximum atomic E-state index is 11.0. The number of unbranched alkanes of at least 4 members (excludes halogenated alkanes) is 2. The van der Waals surface area contributed by atoms with Gasteiger partial charge in [0.15, 0.2) is 5.96 Å². The van der Waals surface area contributed by atoms with Gasteiger partial charge in [0.25, 0.3) is 0 Å². The summed E-state index contributed by atoms with van der Waals surface area (Å²) in [5.41, 5.74) is 0. The number of aromatic nitrogens is 1. The van der Waals surface area contributed by atoms with Gasteiger partial charge < -0.3 is 15.4 Å². The highest BCUT2D eigenvalue weighted by Crippen LogP contribution is 2.10. The lowest BCUT2D eigenvalue weighted by molar-refractivity contribution is -0.140. The molecule has 0 saturated carbocycles. The van der Waals surface area contributed by atoms with E-state index in [4.69, 9.17) is 0 Å². The largest absolute Gasteiger partial charge is 0.469 e. The summed E-state index contributed by atoms with van der Waals surface area (Å²) in [5.74, 6) is 0.670. The Morgan fingerprint density at radius 2 is 2.09 bits per heavy atom. The molecule has 1 heterocycles. The van der Waals surface area contributed by atoms with Gasteiger partial charge in [0.1, 0.15) is 0 Å². The molecule has 0 unspecified atom stereocenters. The number of aryl methyl sites for hydroxylation is 1. The zero-order valence-electron chi connectivity index (χ0n) is 13.6. The van der Waals surface area contributed by atoms with Crippen LogP contribution >= 0.6 is 11.3 Å². The molecule has 1 rings (SSSR count). The summed E-state index contributed by atoms with van der Waals surface area (Å²) in [6, 6.07) is 0. The van der Waals surface area contributed by atoms with Gasteiger partial charge in [-0.05, 0) is 19.8 Å². The molecule has 6 nitrogen and oxygen atoms in total. The Morgan fingerprint density at radius 3 is 2.73 bits per heavy atom. The molecule has 0 aliphatic rings. The topological polar surface area (TPSA) is 75.6 Å². The molecule has 0 spiro atoms. The Bertz CT molecular complexity index is 474. The zero-order valence-corrected chi connectivity index (χ0v) is 14.5. The number of nitrogens with zero attached hydrogens (tertiary/aromatic N) is 2. The third kappa shape index (κ3) is 7.97. The molecular formula is C15H26N4O2S. The van der Waals surface area contributed by atoms with Crippen molar-refractivity contribution in [3.05, 3.63) is 16.1 Å². The van der Waals surface area contributed by atoms with Crippen LogP contribution in [0, 0.1) is 6.92 Å². The van der Waals surface area contributed by atoms with Crippen LogP contribution in [0.25, 0.3) is 0 Å². The normalized spacial score (nSPS) is 11.3. The lowest BCUT2D eigenvalue weighted by Crippen LogP contribution is -2.38. The molecule has 0 aliphatic heterocycles. The molecule has 0 fully saturated rings. The van der Waals surface area contributed by atoms with Gasteiger partial charge in [-0.15, -0.1) is 11.3 Å².